The van der Waals surface area contributed by atoms with Gasteiger partial charge in [-0.1, -0.05) is 6.07 Å². The number of thiazole rings is 1. The molecule has 3 N–H and O–H groups in total. The van der Waals surface area contributed by atoms with Gasteiger partial charge in [-0.25, -0.2) is 18.4 Å². The van der Waals surface area contributed by atoms with Gasteiger partial charge in [0.1, 0.15) is 15.5 Å². The van der Waals surface area contributed by atoms with Crippen LogP contribution in [0.1, 0.15) is 28.1 Å². The van der Waals surface area contributed by atoms with Gasteiger partial charge in [0.15, 0.2) is 9.84 Å². The van der Waals surface area contributed by atoms with Crippen molar-refractivity contribution in [1.82, 2.24) is 20.3 Å². The summed E-state index contributed by atoms with van der Waals surface area (Å²) in [7, 11) is -1.90. The standard InChI is InChI=1S/C24H22N6O3S2/c1-26-23(31)20-12-29-24(34-20)19-11-28-22-18(5-6-27-22)21(19)30-16-7-15(8-16)13-35(32,33)17-4-2-3-14(9-17)10-25/h2-6,9,11-12,15-16H,7-8,13H2,1H3,(H,26,31)(H2,27,28,30). The first-order valence-corrected chi connectivity index (χ1v) is 13.5. The molecule has 3 heterocycles. The van der Waals surface area contributed by atoms with Crippen LogP contribution in [0, 0.1) is 17.2 Å². The van der Waals surface area contributed by atoms with Gasteiger partial charge in [-0.15, -0.1) is 11.3 Å². The molecule has 0 radical (unpaired) electrons. The molecule has 11 heteroatoms. The Labute approximate surface area is 206 Å². The summed E-state index contributed by atoms with van der Waals surface area (Å²) in [5.41, 5.74) is 2.72. The zero-order valence-electron chi connectivity index (χ0n) is 18.8. The van der Waals surface area contributed by atoms with Crippen LogP contribution < -0.4 is 10.6 Å². The van der Waals surface area contributed by atoms with Gasteiger partial charge in [0.05, 0.1) is 39.7 Å². The number of nitrogens with zero attached hydrogens (tertiary/aromatic N) is 3. The summed E-state index contributed by atoms with van der Waals surface area (Å²) in [6.45, 7) is 0. The fourth-order valence-corrected chi connectivity index (χ4v) is 6.87. The topological polar surface area (TPSA) is 141 Å². The van der Waals surface area contributed by atoms with E-state index >= 15 is 0 Å². The van der Waals surface area contributed by atoms with Crippen molar-refractivity contribution in [2.75, 3.05) is 18.1 Å². The zero-order chi connectivity index (χ0) is 24.6. The molecular formula is C24H22N6O3S2. The van der Waals surface area contributed by atoms with Gasteiger partial charge >= 0.3 is 0 Å². The molecule has 5 rings (SSSR count). The van der Waals surface area contributed by atoms with E-state index in [2.05, 4.69) is 25.6 Å². The quantitative estimate of drug-likeness (QED) is 0.348. The lowest BCUT2D eigenvalue weighted by Gasteiger charge is -2.36. The van der Waals surface area contributed by atoms with Gasteiger partial charge in [0.2, 0.25) is 0 Å². The summed E-state index contributed by atoms with van der Waals surface area (Å²) < 4.78 is 25.7. The van der Waals surface area contributed by atoms with Crippen LogP contribution in [0.25, 0.3) is 21.6 Å². The molecule has 1 fully saturated rings. The molecule has 1 aromatic carbocycles. The maximum absolute atomic E-state index is 12.8. The molecule has 0 bridgehead atoms. The number of rotatable bonds is 7. The van der Waals surface area contributed by atoms with Crippen LogP contribution in [-0.4, -0.2) is 48.1 Å². The Morgan fingerprint density at radius 3 is 2.86 bits per heavy atom. The lowest BCUT2D eigenvalue weighted by Crippen LogP contribution is -2.39. The van der Waals surface area contributed by atoms with Gasteiger partial charge in [-0.3, -0.25) is 4.79 Å². The summed E-state index contributed by atoms with van der Waals surface area (Å²) >= 11 is 1.29. The molecule has 0 spiro atoms. The summed E-state index contributed by atoms with van der Waals surface area (Å²) in [4.78, 5) is 24.7. The minimum atomic E-state index is -3.47. The summed E-state index contributed by atoms with van der Waals surface area (Å²) in [6, 6.07) is 10.2. The van der Waals surface area contributed by atoms with E-state index in [1.165, 1.54) is 23.5 Å². The number of benzene rings is 1. The fraction of sp³-hybridized carbons (Fsp3) is 0.250. The van der Waals surface area contributed by atoms with Crippen molar-refractivity contribution < 1.29 is 13.2 Å². The highest BCUT2D eigenvalue weighted by Gasteiger charge is 2.34. The van der Waals surface area contributed by atoms with Gasteiger partial charge < -0.3 is 15.6 Å². The molecule has 9 nitrogen and oxygen atoms in total. The maximum Gasteiger partial charge on any atom is 0.262 e. The number of carbonyl (C=O) groups excluding carboxylic acids is 1. The van der Waals surface area contributed by atoms with Crippen LogP contribution in [0.15, 0.2) is 53.8 Å². The Hall–Kier alpha value is -3.75. The molecule has 35 heavy (non-hydrogen) atoms. The number of fused-ring (bicyclic) bond motifs is 1. The minimum absolute atomic E-state index is 0.0231. The van der Waals surface area contributed by atoms with Crippen molar-refractivity contribution in [3.63, 3.8) is 0 Å². The molecule has 1 aliphatic rings. The van der Waals surface area contributed by atoms with E-state index in [0.29, 0.717) is 28.3 Å². The minimum Gasteiger partial charge on any atom is -0.381 e. The van der Waals surface area contributed by atoms with Crippen molar-refractivity contribution in [3.8, 4) is 16.6 Å². The van der Waals surface area contributed by atoms with E-state index in [0.717, 1.165) is 22.3 Å². The van der Waals surface area contributed by atoms with Crippen molar-refractivity contribution in [1.29, 1.82) is 5.26 Å². The number of H-pyrrole nitrogens is 1. The molecule has 0 atom stereocenters. The van der Waals surface area contributed by atoms with E-state index in [9.17, 15) is 13.2 Å². The first kappa shape index (κ1) is 23.0. The predicted molar refractivity (Wildman–Crippen MR) is 134 cm³/mol. The molecule has 1 saturated carbocycles. The number of anilines is 1. The number of amides is 1. The first-order valence-electron chi connectivity index (χ1n) is 11.0. The second-order valence-electron chi connectivity index (χ2n) is 8.50. The Bertz CT molecular complexity index is 1560. The largest absolute Gasteiger partial charge is 0.381 e. The zero-order valence-corrected chi connectivity index (χ0v) is 20.4. The number of hydrogen-bond acceptors (Lipinski definition) is 8. The van der Waals surface area contributed by atoms with Crippen LogP contribution in [-0.2, 0) is 9.84 Å². The van der Waals surface area contributed by atoms with E-state index in [-0.39, 0.29) is 28.5 Å². The van der Waals surface area contributed by atoms with E-state index < -0.39 is 9.84 Å². The number of nitrogens with one attached hydrogen (secondary N) is 3. The molecule has 0 unspecified atom stereocenters. The van der Waals surface area contributed by atoms with Gasteiger partial charge in [-0.2, -0.15) is 5.26 Å². The molecule has 3 aromatic heterocycles. The molecule has 4 aromatic rings. The number of carbonyl (C=O) groups is 1. The maximum atomic E-state index is 12.8. The van der Waals surface area contributed by atoms with Gasteiger partial charge in [0.25, 0.3) is 5.91 Å². The molecule has 0 saturated heterocycles. The van der Waals surface area contributed by atoms with E-state index in [4.69, 9.17) is 5.26 Å². The van der Waals surface area contributed by atoms with Crippen LogP contribution in [0.5, 0.6) is 0 Å². The Morgan fingerprint density at radius 1 is 1.26 bits per heavy atom. The smallest absolute Gasteiger partial charge is 0.262 e. The number of sulfone groups is 1. The fourth-order valence-electron chi connectivity index (χ4n) is 4.31. The second-order valence-corrected chi connectivity index (χ2v) is 11.6. The van der Waals surface area contributed by atoms with Gasteiger partial charge in [-0.05, 0) is 43.0 Å². The van der Waals surface area contributed by atoms with Crippen molar-refractivity contribution in [2.24, 2.45) is 5.92 Å². The predicted octanol–water partition coefficient (Wildman–Crippen LogP) is 3.58. The number of pyridine rings is 1. The summed E-state index contributed by atoms with van der Waals surface area (Å²) in [5.74, 6) is -0.123. The highest BCUT2D eigenvalue weighted by atomic mass is 32.2. The molecule has 0 aliphatic heterocycles. The third kappa shape index (κ3) is 4.50. The van der Waals surface area contributed by atoms with Crippen molar-refractivity contribution in [3.05, 3.63) is 59.4 Å². The van der Waals surface area contributed by atoms with E-state index in [1.54, 1.807) is 31.6 Å². The second kappa shape index (κ2) is 9.13. The van der Waals surface area contributed by atoms with Gasteiger partial charge in [0, 0.05) is 30.9 Å². The van der Waals surface area contributed by atoms with Crippen molar-refractivity contribution in [2.45, 2.75) is 23.8 Å². The highest BCUT2D eigenvalue weighted by molar-refractivity contribution is 7.91. The monoisotopic (exact) mass is 506 g/mol. The summed E-state index contributed by atoms with van der Waals surface area (Å²) in [6.07, 6.45) is 6.50. The molecule has 1 amide bonds. The Kier molecular flexibility index (Phi) is 6.00. The molecule has 1 aliphatic carbocycles. The van der Waals surface area contributed by atoms with Crippen LogP contribution in [0.4, 0.5) is 5.69 Å². The lowest BCUT2D eigenvalue weighted by atomic mass is 9.81. The van der Waals surface area contributed by atoms with Crippen LogP contribution >= 0.6 is 11.3 Å². The average molecular weight is 507 g/mol. The number of hydrogen-bond donors (Lipinski definition) is 3. The first-order chi connectivity index (χ1) is 16.9. The van der Waals surface area contributed by atoms with Crippen LogP contribution in [0.3, 0.4) is 0 Å². The lowest BCUT2D eigenvalue weighted by molar-refractivity contribution is 0.0967. The Morgan fingerprint density at radius 2 is 2.09 bits per heavy atom. The number of aromatic nitrogens is 3. The van der Waals surface area contributed by atoms with Crippen LogP contribution in [0.2, 0.25) is 0 Å². The normalized spacial score (nSPS) is 17.5. The highest BCUT2D eigenvalue weighted by Crippen LogP contribution is 2.39. The average Bonchev–Trinajstić information content (AvgIpc) is 3.52. The third-order valence-corrected chi connectivity index (χ3v) is 9.05. The SMILES string of the molecule is CNC(=O)c1cnc(-c2cnc3[nH]ccc3c2NC2CC(CS(=O)(=O)c3cccc(C#N)c3)C2)s1. The summed E-state index contributed by atoms with van der Waals surface area (Å²) in [5, 5.41) is 16.8. The van der Waals surface area contributed by atoms with E-state index in [1.807, 2.05) is 18.3 Å². The number of nitriles is 1. The number of aromatic amines is 1. The van der Waals surface area contributed by atoms with Crippen molar-refractivity contribution >= 4 is 43.8 Å². The molecule has 178 valence electrons. The molecular weight excluding hydrogens is 484 g/mol. The Balaban J connectivity index is 1.33. The third-order valence-electron chi connectivity index (χ3n) is 6.14.